The summed E-state index contributed by atoms with van der Waals surface area (Å²) in [4.78, 5) is 32.3. The Hall–Kier alpha value is -2.81. The summed E-state index contributed by atoms with van der Waals surface area (Å²) in [5.41, 5.74) is 9.91. The molecule has 3 aromatic rings. The number of hydrogen-bond donors (Lipinski definition) is 3. The van der Waals surface area contributed by atoms with Gasteiger partial charge in [0.2, 0.25) is 5.91 Å². The van der Waals surface area contributed by atoms with Gasteiger partial charge in [0.15, 0.2) is 5.65 Å². The second-order valence-corrected chi connectivity index (χ2v) is 7.83. The maximum absolute atomic E-state index is 12.0. The Bertz CT molecular complexity index is 1090. The van der Waals surface area contributed by atoms with Gasteiger partial charge in [-0.15, -0.1) is 0 Å². The number of amides is 1. The number of nitrogens with two attached hydrogens (primary N) is 1. The molecule has 27 heavy (non-hydrogen) atoms. The van der Waals surface area contributed by atoms with Gasteiger partial charge in [-0.25, -0.2) is 19.9 Å². The predicted octanol–water partition coefficient (Wildman–Crippen LogP) is 2.27. The van der Waals surface area contributed by atoms with Crippen LogP contribution in [0.2, 0.25) is 0 Å². The van der Waals surface area contributed by atoms with Crippen LogP contribution in [0.25, 0.3) is 22.6 Å². The third-order valence-electron chi connectivity index (χ3n) is 5.43. The van der Waals surface area contributed by atoms with Crippen molar-refractivity contribution in [3.8, 4) is 11.4 Å². The molecule has 0 radical (unpaired) electrons. The minimum Gasteiger partial charge on any atom is -0.378 e. The molecule has 8 nitrogen and oxygen atoms in total. The fraction of sp³-hybridized carbons (Fsp3) is 0.278. The number of pyridine rings is 1. The van der Waals surface area contributed by atoms with E-state index in [1.54, 1.807) is 18.6 Å². The van der Waals surface area contributed by atoms with Crippen molar-refractivity contribution < 1.29 is 4.79 Å². The molecule has 0 saturated heterocycles. The maximum Gasteiger partial charge on any atom is 0.223 e. The number of halogens is 1. The zero-order valence-electron chi connectivity index (χ0n) is 14.3. The van der Waals surface area contributed by atoms with Crippen molar-refractivity contribution in [2.75, 3.05) is 5.32 Å². The van der Waals surface area contributed by atoms with E-state index >= 15 is 0 Å². The van der Waals surface area contributed by atoms with Gasteiger partial charge in [-0.2, -0.15) is 0 Å². The van der Waals surface area contributed by atoms with Crippen molar-refractivity contribution >= 4 is 38.7 Å². The Morgan fingerprint density at radius 3 is 2.81 bits per heavy atom. The van der Waals surface area contributed by atoms with Crippen LogP contribution in [-0.2, 0) is 4.79 Å². The van der Waals surface area contributed by atoms with Gasteiger partial charge in [0.25, 0.3) is 0 Å². The highest BCUT2D eigenvalue weighted by molar-refractivity contribution is 9.10. The molecule has 0 aliphatic heterocycles. The first-order chi connectivity index (χ1) is 13.0. The first-order valence-electron chi connectivity index (χ1n) is 8.61. The number of H-pyrrole nitrogens is 1. The fourth-order valence-corrected chi connectivity index (χ4v) is 4.48. The number of fused-ring (bicyclic) bond motifs is 2. The second kappa shape index (κ2) is 5.85. The number of aromatic amines is 1. The Kier molecular flexibility index (Phi) is 3.55. The zero-order valence-corrected chi connectivity index (χ0v) is 15.9. The normalized spacial score (nSPS) is 25.9. The van der Waals surface area contributed by atoms with Crippen LogP contribution in [0.4, 0.5) is 5.69 Å². The summed E-state index contributed by atoms with van der Waals surface area (Å²) in [5, 5.41) is 3.53. The molecule has 0 unspecified atom stereocenters. The highest BCUT2D eigenvalue weighted by Gasteiger charge is 2.53. The van der Waals surface area contributed by atoms with E-state index in [-0.39, 0.29) is 29.7 Å². The van der Waals surface area contributed by atoms with Crippen molar-refractivity contribution in [1.29, 1.82) is 0 Å². The maximum atomic E-state index is 12.0. The number of anilines is 1. The van der Waals surface area contributed by atoms with E-state index in [9.17, 15) is 4.79 Å². The Balaban J connectivity index is 1.56. The van der Waals surface area contributed by atoms with Crippen LogP contribution in [0.3, 0.4) is 0 Å². The summed E-state index contributed by atoms with van der Waals surface area (Å²) >= 11 is 3.57. The van der Waals surface area contributed by atoms with E-state index in [1.807, 2.05) is 0 Å². The number of nitrogens with zero attached hydrogens (tertiary/aromatic N) is 4. The monoisotopic (exact) mass is 425 g/mol. The van der Waals surface area contributed by atoms with Crippen molar-refractivity contribution in [3.05, 3.63) is 41.0 Å². The lowest BCUT2D eigenvalue weighted by atomic mass is 9.91. The third kappa shape index (κ3) is 2.53. The number of carbonyl (C=O) groups excluding carboxylic acids is 1. The van der Waals surface area contributed by atoms with Crippen LogP contribution < -0.4 is 11.1 Å². The molecule has 4 atom stereocenters. The molecular formula is C18H16BrN7O. The van der Waals surface area contributed by atoms with E-state index in [1.165, 1.54) is 11.9 Å². The molecule has 1 fully saturated rings. The summed E-state index contributed by atoms with van der Waals surface area (Å²) in [6.45, 7) is 2.06. The fourth-order valence-electron chi connectivity index (χ4n) is 4.07. The van der Waals surface area contributed by atoms with Crippen LogP contribution in [-0.4, -0.2) is 36.9 Å². The summed E-state index contributed by atoms with van der Waals surface area (Å²) < 4.78 is 0.791. The number of imidazole rings is 1. The van der Waals surface area contributed by atoms with Gasteiger partial charge < -0.3 is 16.0 Å². The van der Waals surface area contributed by atoms with Gasteiger partial charge in [-0.05, 0) is 21.8 Å². The number of nitrogens with one attached hydrogen (secondary N) is 2. The van der Waals surface area contributed by atoms with E-state index < -0.39 is 0 Å². The van der Waals surface area contributed by atoms with Crippen LogP contribution in [0.1, 0.15) is 6.92 Å². The minimum absolute atomic E-state index is 0.0683. The van der Waals surface area contributed by atoms with Crippen LogP contribution in [0.15, 0.2) is 41.0 Å². The Labute approximate surface area is 162 Å². The first kappa shape index (κ1) is 16.4. The summed E-state index contributed by atoms with van der Waals surface area (Å²) in [6, 6.07) is -0.0683. The van der Waals surface area contributed by atoms with Gasteiger partial charge >= 0.3 is 0 Å². The van der Waals surface area contributed by atoms with Gasteiger partial charge in [0, 0.05) is 30.6 Å². The molecule has 4 N–H and O–H groups in total. The number of hydrogen-bond acceptors (Lipinski definition) is 6. The van der Waals surface area contributed by atoms with Crippen molar-refractivity contribution in [3.63, 3.8) is 0 Å². The lowest BCUT2D eigenvalue weighted by molar-refractivity contribution is -0.122. The lowest BCUT2D eigenvalue weighted by Gasteiger charge is -2.24. The highest BCUT2D eigenvalue weighted by atomic mass is 79.9. The van der Waals surface area contributed by atoms with E-state index in [2.05, 4.69) is 59.2 Å². The number of carbonyl (C=O) groups is 1. The number of rotatable bonds is 4. The summed E-state index contributed by atoms with van der Waals surface area (Å²) in [7, 11) is 0. The quantitative estimate of drug-likeness (QED) is 0.550. The molecule has 3 aromatic heterocycles. The molecule has 2 aliphatic carbocycles. The molecule has 9 heteroatoms. The highest BCUT2D eigenvalue weighted by Crippen LogP contribution is 2.53. The van der Waals surface area contributed by atoms with Crippen LogP contribution >= 0.6 is 15.9 Å². The molecular weight excluding hydrogens is 410 g/mol. The van der Waals surface area contributed by atoms with Gasteiger partial charge in [-0.1, -0.05) is 18.6 Å². The molecule has 0 spiro atoms. The molecule has 1 saturated carbocycles. The molecule has 0 aromatic carbocycles. The molecule has 136 valence electrons. The first-order valence-corrected chi connectivity index (χ1v) is 9.41. The standard InChI is InChI=1S/C18H16BrN7O/c1-7-9-2-10(9)13(12(7)16(20)27)24-14-11(19)5-23-18-15(14)25-17(26-18)8-3-21-6-22-4-8/h2-7,10,12-13H,1H3,(H2,20,27)(H2,23,24,25,26)/t7-,10-,12-,13+/m0/s1. The van der Waals surface area contributed by atoms with Crippen LogP contribution in [0.5, 0.6) is 0 Å². The average molecular weight is 426 g/mol. The molecule has 0 bridgehead atoms. The van der Waals surface area contributed by atoms with E-state index in [0.29, 0.717) is 11.5 Å². The van der Waals surface area contributed by atoms with Gasteiger partial charge in [-0.3, -0.25) is 4.79 Å². The molecule has 2 aliphatic rings. The number of aromatic nitrogens is 5. The Morgan fingerprint density at radius 1 is 1.30 bits per heavy atom. The molecule has 1 amide bonds. The number of primary amides is 1. The predicted molar refractivity (Wildman–Crippen MR) is 103 cm³/mol. The van der Waals surface area contributed by atoms with Crippen LogP contribution in [0, 0.1) is 17.8 Å². The zero-order chi connectivity index (χ0) is 18.7. The van der Waals surface area contributed by atoms with Gasteiger partial charge in [0.1, 0.15) is 17.7 Å². The van der Waals surface area contributed by atoms with Gasteiger partial charge in [0.05, 0.1) is 21.6 Å². The largest absolute Gasteiger partial charge is 0.378 e. The summed E-state index contributed by atoms with van der Waals surface area (Å²) in [6.07, 6.45) is 8.76. The van der Waals surface area contributed by atoms with E-state index in [0.717, 1.165) is 21.2 Å². The summed E-state index contributed by atoms with van der Waals surface area (Å²) in [5.74, 6) is 0.560. The lowest BCUT2D eigenvalue weighted by Crippen LogP contribution is -2.39. The van der Waals surface area contributed by atoms with Crippen molar-refractivity contribution in [2.45, 2.75) is 13.0 Å². The topological polar surface area (TPSA) is 122 Å². The Morgan fingerprint density at radius 2 is 2.07 bits per heavy atom. The third-order valence-corrected chi connectivity index (χ3v) is 6.03. The average Bonchev–Trinajstić information content (AvgIpc) is 3.26. The van der Waals surface area contributed by atoms with Crippen molar-refractivity contribution in [2.24, 2.45) is 23.5 Å². The van der Waals surface area contributed by atoms with Crippen molar-refractivity contribution in [1.82, 2.24) is 24.9 Å². The second-order valence-electron chi connectivity index (χ2n) is 6.97. The molecule has 3 heterocycles. The minimum atomic E-state index is -0.277. The molecule has 5 rings (SSSR count). The SMILES string of the molecule is C[C@H]1C2=C[C@@H]2[C@@H](Nc2c(Br)cnc3nc(-c4cncnc4)[nH]c23)[C@H]1C(N)=O. The smallest absolute Gasteiger partial charge is 0.223 e. The van der Waals surface area contributed by atoms with E-state index in [4.69, 9.17) is 5.73 Å².